The van der Waals surface area contributed by atoms with E-state index in [4.69, 9.17) is 9.47 Å². The average molecular weight is 561 g/mol. The van der Waals surface area contributed by atoms with Crippen molar-refractivity contribution in [1.29, 1.82) is 0 Å². The van der Waals surface area contributed by atoms with Crippen LogP contribution in [0.2, 0.25) is 0 Å². The van der Waals surface area contributed by atoms with Crippen LogP contribution < -0.4 is 9.47 Å². The maximum Gasteiger partial charge on any atom is 0.344 e. The molecule has 7 nitrogen and oxygen atoms in total. The highest BCUT2D eigenvalue weighted by atomic mass is 16.5. The van der Waals surface area contributed by atoms with Crippen molar-refractivity contribution in [2.75, 3.05) is 27.2 Å². The molecule has 214 valence electrons. The van der Waals surface area contributed by atoms with E-state index in [-0.39, 0.29) is 12.1 Å². The Morgan fingerprint density at radius 2 is 1.19 bits per heavy atom. The molecular formula is C35H36N4O3. The first-order valence-corrected chi connectivity index (χ1v) is 14.1. The summed E-state index contributed by atoms with van der Waals surface area (Å²) in [6.07, 6.45) is 3.27. The molecule has 0 atom stereocenters. The zero-order valence-electron chi connectivity index (χ0n) is 24.0. The molecule has 0 aliphatic carbocycles. The molecule has 0 radical (unpaired) electrons. The van der Waals surface area contributed by atoms with Crippen LogP contribution in [-0.2, 0) is 13.2 Å². The molecule has 0 N–H and O–H groups in total. The molecule has 0 saturated heterocycles. The van der Waals surface area contributed by atoms with E-state index in [0.29, 0.717) is 26.3 Å². The summed E-state index contributed by atoms with van der Waals surface area (Å²) >= 11 is 0. The van der Waals surface area contributed by atoms with E-state index >= 15 is 0 Å². The van der Waals surface area contributed by atoms with Crippen molar-refractivity contribution in [3.8, 4) is 11.5 Å². The summed E-state index contributed by atoms with van der Waals surface area (Å²) in [5.74, 6) is 1.64. The van der Waals surface area contributed by atoms with E-state index in [0.717, 1.165) is 33.8 Å². The summed E-state index contributed by atoms with van der Waals surface area (Å²) in [4.78, 5) is 16.6. The van der Waals surface area contributed by atoms with Crippen molar-refractivity contribution in [2.24, 2.45) is 0 Å². The van der Waals surface area contributed by atoms with Crippen LogP contribution in [0.15, 0.2) is 128 Å². The third-order valence-corrected chi connectivity index (χ3v) is 7.14. The third-order valence-electron chi connectivity index (χ3n) is 7.14. The van der Waals surface area contributed by atoms with Gasteiger partial charge in [0.15, 0.2) is 0 Å². The number of carbonyl (C=O) groups is 1. The minimum absolute atomic E-state index is 0.0375. The van der Waals surface area contributed by atoms with Crippen molar-refractivity contribution in [1.82, 2.24) is 19.6 Å². The maximum atomic E-state index is 12.7. The minimum atomic E-state index is -0.162. The van der Waals surface area contributed by atoms with Crippen LogP contribution in [0.4, 0.5) is 4.79 Å². The molecule has 0 bridgehead atoms. The predicted octanol–water partition coefficient (Wildman–Crippen LogP) is 6.66. The monoisotopic (exact) mass is 560 g/mol. The van der Waals surface area contributed by atoms with Crippen molar-refractivity contribution < 1.29 is 14.3 Å². The Morgan fingerprint density at radius 3 is 1.64 bits per heavy atom. The highest BCUT2D eigenvalue weighted by molar-refractivity contribution is 5.75. The first-order chi connectivity index (χ1) is 20.6. The Balaban J connectivity index is 1.30. The smallest absolute Gasteiger partial charge is 0.344 e. The van der Waals surface area contributed by atoms with E-state index in [2.05, 4.69) is 65.6 Å². The van der Waals surface area contributed by atoms with Crippen LogP contribution in [0.1, 0.15) is 28.3 Å². The van der Waals surface area contributed by atoms with E-state index in [1.54, 1.807) is 30.4 Å². The van der Waals surface area contributed by atoms with Crippen LogP contribution in [0, 0.1) is 0 Å². The fourth-order valence-corrected chi connectivity index (χ4v) is 4.77. The molecule has 0 aliphatic rings. The second kappa shape index (κ2) is 14.1. The molecule has 0 fully saturated rings. The van der Waals surface area contributed by atoms with Gasteiger partial charge in [0.1, 0.15) is 24.7 Å². The Labute approximate surface area is 247 Å². The highest BCUT2D eigenvalue weighted by Gasteiger charge is 2.21. The van der Waals surface area contributed by atoms with Crippen LogP contribution in [0.3, 0.4) is 0 Å². The first-order valence-electron chi connectivity index (χ1n) is 14.1. The number of carbonyl (C=O) groups excluding carboxylic acids is 1. The van der Waals surface area contributed by atoms with Crippen molar-refractivity contribution in [3.63, 3.8) is 0 Å². The molecule has 5 aromatic rings. The lowest BCUT2D eigenvalue weighted by atomic mass is 9.97. The van der Waals surface area contributed by atoms with E-state index in [9.17, 15) is 4.79 Å². The quantitative estimate of drug-likeness (QED) is 0.171. The lowest BCUT2D eigenvalue weighted by molar-refractivity contribution is 0.193. The van der Waals surface area contributed by atoms with Crippen LogP contribution in [0.25, 0.3) is 0 Å². The normalized spacial score (nSPS) is 11.0. The molecule has 0 saturated carbocycles. The van der Waals surface area contributed by atoms with Crippen LogP contribution in [-0.4, -0.2) is 52.8 Å². The number of ether oxygens (including phenoxy) is 2. The van der Waals surface area contributed by atoms with Gasteiger partial charge in [-0.25, -0.2) is 4.79 Å². The zero-order chi connectivity index (χ0) is 29.1. The number of benzene rings is 4. The van der Waals surface area contributed by atoms with Gasteiger partial charge in [-0.15, -0.1) is 0 Å². The second-order valence-corrected chi connectivity index (χ2v) is 10.2. The first kappa shape index (κ1) is 28.6. The van der Waals surface area contributed by atoms with Gasteiger partial charge in [0.05, 0.1) is 6.04 Å². The summed E-state index contributed by atoms with van der Waals surface area (Å²) in [6, 6.07) is 38.3. The molecule has 1 heterocycles. The molecule has 42 heavy (non-hydrogen) atoms. The van der Waals surface area contributed by atoms with Gasteiger partial charge in [0, 0.05) is 32.5 Å². The predicted molar refractivity (Wildman–Crippen MR) is 165 cm³/mol. The molecule has 1 aromatic heterocycles. The largest absolute Gasteiger partial charge is 0.489 e. The van der Waals surface area contributed by atoms with Crippen molar-refractivity contribution in [2.45, 2.75) is 19.3 Å². The van der Waals surface area contributed by atoms with Gasteiger partial charge in [0.2, 0.25) is 0 Å². The standard InChI is InChI=1S/C35H36N4O3/c1-37(24-25-38(2)35(40)39-23-9-22-36-39)34(30-14-18-32(19-15-30)41-26-28-10-5-3-6-11-28)31-16-20-33(21-17-31)42-27-29-12-7-4-8-13-29/h3-23,34H,24-27H2,1-2H3. The number of aromatic nitrogens is 2. The van der Waals surface area contributed by atoms with Gasteiger partial charge in [-0.05, 0) is 59.6 Å². The Morgan fingerprint density at radius 1 is 0.690 bits per heavy atom. The SMILES string of the molecule is CN(CCN(C)C(c1ccc(OCc2ccccc2)cc1)c1ccc(OCc2ccccc2)cc1)C(=O)n1cccn1. The molecule has 5 rings (SSSR count). The van der Waals surface area contributed by atoms with E-state index in [1.165, 1.54) is 4.68 Å². The van der Waals surface area contributed by atoms with Crippen LogP contribution in [0.5, 0.6) is 11.5 Å². The molecule has 1 amide bonds. The number of amides is 1. The number of nitrogens with zero attached hydrogens (tertiary/aromatic N) is 4. The summed E-state index contributed by atoms with van der Waals surface area (Å²) in [5, 5.41) is 4.07. The number of rotatable bonds is 12. The second-order valence-electron chi connectivity index (χ2n) is 10.2. The van der Waals surface area contributed by atoms with Gasteiger partial charge in [-0.3, -0.25) is 4.90 Å². The van der Waals surface area contributed by atoms with Crippen molar-refractivity contribution >= 4 is 6.03 Å². The van der Waals surface area contributed by atoms with Crippen molar-refractivity contribution in [3.05, 3.63) is 150 Å². The fourth-order valence-electron chi connectivity index (χ4n) is 4.77. The lowest BCUT2D eigenvalue weighted by Gasteiger charge is -2.31. The Bertz CT molecular complexity index is 1420. The lowest BCUT2D eigenvalue weighted by Crippen LogP contribution is -2.38. The number of hydrogen-bond donors (Lipinski definition) is 0. The highest BCUT2D eigenvalue weighted by Crippen LogP contribution is 2.30. The van der Waals surface area contributed by atoms with Gasteiger partial charge in [0.25, 0.3) is 0 Å². The van der Waals surface area contributed by atoms with Gasteiger partial charge >= 0.3 is 6.03 Å². The topological polar surface area (TPSA) is 59.8 Å². The van der Waals surface area contributed by atoms with Gasteiger partial charge in [-0.2, -0.15) is 9.78 Å². The van der Waals surface area contributed by atoms with Gasteiger partial charge < -0.3 is 14.4 Å². The molecular weight excluding hydrogens is 524 g/mol. The molecule has 0 unspecified atom stereocenters. The Hall–Kier alpha value is -4.88. The fraction of sp³-hybridized carbons (Fsp3) is 0.200. The zero-order valence-corrected chi connectivity index (χ0v) is 24.0. The molecule has 4 aromatic carbocycles. The third kappa shape index (κ3) is 7.65. The summed E-state index contributed by atoms with van der Waals surface area (Å²) in [6.45, 7) is 2.24. The summed E-state index contributed by atoms with van der Waals surface area (Å²) in [7, 11) is 3.88. The van der Waals surface area contributed by atoms with Crippen LogP contribution >= 0.6 is 0 Å². The maximum absolute atomic E-state index is 12.7. The molecule has 0 spiro atoms. The summed E-state index contributed by atoms with van der Waals surface area (Å²) in [5.41, 5.74) is 4.51. The van der Waals surface area contributed by atoms with E-state index < -0.39 is 0 Å². The summed E-state index contributed by atoms with van der Waals surface area (Å²) < 4.78 is 13.4. The average Bonchev–Trinajstić information content (AvgIpc) is 3.59. The molecule has 0 aliphatic heterocycles. The van der Waals surface area contributed by atoms with Gasteiger partial charge in [-0.1, -0.05) is 84.9 Å². The number of hydrogen-bond acceptors (Lipinski definition) is 5. The van der Waals surface area contributed by atoms with E-state index in [1.807, 2.05) is 60.7 Å². The number of likely N-dealkylation sites (N-methyl/N-ethyl adjacent to an activating group) is 2. The Kier molecular flexibility index (Phi) is 9.65. The minimum Gasteiger partial charge on any atom is -0.489 e. The molecule has 7 heteroatoms.